The van der Waals surface area contributed by atoms with Crippen LogP contribution in [-0.4, -0.2) is 16.3 Å². The SMILES string of the molecule is O=C(Cl)c1ccc(C(=O)O)c(-c2ccccc2)c1. The number of carboxylic acid groups (broad SMARTS) is 1. The largest absolute Gasteiger partial charge is 0.478 e. The number of hydrogen-bond acceptors (Lipinski definition) is 2. The van der Waals surface area contributed by atoms with Gasteiger partial charge in [-0.25, -0.2) is 4.79 Å². The van der Waals surface area contributed by atoms with Crippen LogP contribution in [-0.2, 0) is 0 Å². The highest BCUT2D eigenvalue weighted by Gasteiger charge is 2.14. The van der Waals surface area contributed by atoms with Crippen LogP contribution < -0.4 is 0 Å². The van der Waals surface area contributed by atoms with Crippen LogP contribution in [0.1, 0.15) is 20.7 Å². The van der Waals surface area contributed by atoms with Crippen molar-refractivity contribution < 1.29 is 14.7 Å². The maximum atomic E-state index is 11.2. The van der Waals surface area contributed by atoms with Crippen molar-refractivity contribution in [2.75, 3.05) is 0 Å². The standard InChI is InChI=1S/C14H9ClO3/c15-13(16)10-6-7-11(14(17)18)12(8-10)9-4-2-1-3-5-9/h1-8H,(H,17,18). The molecule has 3 nitrogen and oxygen atoms in total. The molecule has 0 unspecified atom stereocenters. The maximum Gasteiger partial charge on any atom is 0.336 e. The zero-order valence-electron chi connectivity index (χ0n) is 9.26. The summed E-state index contributed by atoms with van der Waals surface area (Å²) in [5.41, 5.74) is 1.63. The minimum Gasteiger partial charge on any atom is -0.478 e. The summed E-state index contributed by atoms with van der Waals surface area (Å²) >= 11 is 5.41. The van der Waals surface area contributed by atoms with E-state index in [1.807, 2.05) is 6.07 Å². The Morgan fingerprint density at radius 1 is 1.00 bits per heavy atom. The van der Waals surface area contributed by atoms with Crippen molar-refractivity contribution in [1.82, 2.24) is 0 Å². The minimum absolute atomic E-state index is 0.142. The summed E-state index contributed by atoms with van der Waals surface area (Å²) in [6, 6.07) is 13.3. The molecule has 1 N–H and O–H groups in total. The number of carbonyl (C=O) groups excluding carboxylic acids is 1. The quantitative estimate of drug-likeness (QED) is 0.860. The third-order valence-electron chi connectivity index (χ3n) is 2.56. The van der Waals surface area contributed by atoms with Crippen LogP contribution in [0.25, 0.3) is 11.1 Å². The van der Waals surface area contributed by atoms with Gasteiger partial charge in [-0.05, 0) is 40.9 Å². The van der Waals surface area contributed by atoms with E-state index in [1.165, 1.54) is 18.2 Å². The molecule has 2 aromatic carbocycles. The lowest BCUT2D eigenvalue weighted by Crippen LogP contribution is -2.01. The molecular formula is C14H9ClO3. The van der Waals surface area contributed by atoms with Gasteiger partial charge < -0.3 is 5.11 Å². The van der Waals surface area contributed by atoms with Gasteiger partial charge >= 0.3 is 5.97 Å². The van der Waals surface area contributed by atoms with E-state index >= 15 is 0 Å². The molecule has 0 fully saturated rings. The van der Waals surface area contributed by atoms with Gasteiger partial charge in [0.1, 0.15) is 0 Å². The van der Waals surface area contributed by atoms with E-state index < -0.39 is 11.2 Å². The molecule has 90 valence electrons. The fourth-order valence-electron chi connectivity index (χ4n) is 1.71. The van der Waals surface area contributed by atoms with Gasteiger partial charge in [0.05, 0.1) is 5.56 Å². The number of aromatic carboxylic acids is 1. The molecule has 0 aliphatic carbocycles. The lowest BCUT2D eigenvalue weighted by Gasteiger charge is -2.07. The molecule has 0 aliphatic rings. The molecule has 2 aromatic rings. The molecular weight excluding hydrogens is 252 g/mol. The number of hydrogen-bond donors (Lipinski definition) is 1. The van der Waals surface area contributed by atoms with Crippen molar-refractivity contribution in [2.45, 2.75) is 0 Å². The van der Waals surface area contributed by atoms with E-state index in [-0.39, 0.29) is 11.1 Å². The average Bonchev–Trinajstić information content (AvgIpc) is 2.39. The lowest BCUT2D eigenvalue weighted by atomic mass is 9.97. The summed E-state index contributed by atoms with van der Waals surface area (Å²) in [7, 11) is 0. The highest BCUT2D eigenvalue weighted by atomic mass is 35.5. The van der Waals surface area contributed by atoms with Crippen molar-refractivity contribution in [1.29, 1.82) is 0 Å². The Hall–Kier alpha value is -2.13. The zero-order valence-corrected chi connectivity index (χ0v) is 10.0. The van der Waals surface area contributed by atoms with Gasteiger partial charge in [0.15, 0.2) is 0 Å². The maximum absolute atomic E-state index is 11.2. The molecule has 0 heterocycles. The second-order valence-corrected chi connectivity index (χ2v) is 4.05. The molecule has 0 amide bonds. The van der Waals surface area contributed by atoms with E-state index in [0.29, 0.717) is 5.56 Å². The van der Waals surface area contributed by atoms with Crippen LogP contribution in [0.5, 0.6) is 0 Å². The van der Waals surface area contributed by atoms with Gasteiger partial charge in [0.2, 0.25) is 0 Å². The molecule has 0 bridgehead atoms. The van der Waals surface area contributed by atoms with Gasteiger partial charge in [-0.3, -0.25) is 4.79 Å². The average molecular weight is 261 g/mol. The first-order valence-electron chi connectivity index (χ1n) is 5.22. The van der Waals surface area contributed by atoms with Crippen molar-refractivity contribution >= 4 is 22.8 Å². The summed E-state index contributed by atoms with van der Waals surface area (Å²) in [6.07, 6.45) is 0. The van der Waals surface area contributed by atoms with Gasteiger partial charge in [0, 0.05) is 5.56 Å². The highest BCUT2D eigenvalue weighted by Crippen LogP contribution is 2.25. The van der Waals surface area contributed by atoms with Gasteiger partial charge in [-0.1, -0.05) is 30.3 Å². The van der Waals surface area contributed by atoms with E-state index in [1.54, 1.807) is 24.3 Å². The number of benzene rings is 2. The molecule has 4 heteroatoms. The molecule has 0 saturated carbocycles. The predicted molar refractivity (Wildman–Crippen MR) is 69.0 cm³/mol. The fraction of sp³-hybridized carbons (Fsp3) is 0. The van der Waals surface area contributed by atoms with Crippen molar-refractivity contribution in [3.63, 3.8) is 0 Å². The Morgan fingerprint density at radius 2 is 1.67 bits per heavy atom. The van der Waals surface area contributed by atoms with Gasteiger partial charge in [0.25, 0.3) is 5.24 Å². The molecule has 0 aromatic heterocycles. The number of rotatable bonds is 3. The van der Waals surface area contributed by atoms with Crippen LogP contribution in [0, 0.1) is 0 Å². The fourth-order valence-corrected chi connectivity index (χ4v) is 1.83. The van der Waals surface area contributed by atoms with E-state index in [4.69, 9.17) is 16.7 Å². The lowest BCUT2D eigenvalue weighted by molar-refractivity contribution is 0.0697. The van der Waals surface area contributed by atoms with Crippen molar-refractivity contribution in [2.24, 2.45) is 0 Å². The van der Waals surface area contributed by atoms with E-state index in [9.17, 15) is 9.59 Å². The molecule has 18 heavy (non-hydrogen) atoms. The first-order valence-corrected chi connectivity index (χ1v) is 5.60. The summed E-state index contributed by atoms with van der Waals surface area (Å²) in [5, 5.41) is 8.53. The second-order valence-electron chi connectivity index (χ2n) is 3.71. The third-order valence-corrected chi connectivity index (χ3v) is 2.78. The molecule has 0 aliphatic heterocycles. The van der Waals surface area contributed by atoms with Gasteiger partial charge in [-0.2, -0.15) is 0 Å². The Labute approximate surface area is 109 Å². The number of carboxylic acids is 1. The predicted octanol–water partition coefficient (Wildman–Crippen LogP) is 3.43. The highest BCUT2D eigenvalue weighted by molar-refractivity contribution is 6.67. The Bertz CT molecular complexity index is 606. The topological polar surface area (TPSA) is 54.4 Å². The van der Waals surface area contributed by atoms with Crippen LogP contribution in [0.3, 0.4) is 0 Å². The third kappa shape index (κ3) is 2.41. The van der Waals surface area contributed by atoms with Crippen molar-refractivity contribution in [3.05, 3.63) is 59.7 Å². The summed E-state index contributed by atoms with van der Waals surface area (Å²) in [4.78, 5) is 22.3. The van der Waals surface area contributed by atoms with E-state index in [2.05, 4.69) is 0 Å². The minimum atomic E-state index is -1.04. The second kappa shape index (κ2) is 5.02. The smallest absolute Gasteiger partial charge is 0.336 e. The Kier molecular flexibility index (Phi) is 3.44. The first kappa shape index (κ1) is 12.3. The summed E-state index contributed by atoms with van der Waals surface area (Å²) in [6.45, 7) is 0. The monoisotopic (exact) mass is 260 g/mol. The van der Waals surface area contributed by atoms with Crippen LogP contribution in [0.4, 0.5) is 0 Å². The van der Waals surface area contributed by atoms with Crippen LogP contribution in [0.15, 0.2) is 48.5 Å². The van der Waals surface area contributed by atoms with Gasteiger partial charge in [-0.15, -0.1) is 0 Å². The Morgan fingerprint density at radius 3 is 2.22 bits per heavy atom. The molecule has 2 rings (SSSR count). The van der Waals surface area contributed by atoms with Crippen LogP contribution in [0.2, 0.25) is 0 Å². The normalized spacial score (nSPS) is 10.1. The summed E-state index contributed by atoms with van der Waals surface area (Å²) in [5.74, 6) is -1.04. The van der Waals surface area contributed by atoms with Crippen LogP contribution >= 0.6 is 11.6 Å². The molecule has 0 atom stereocenters. The first-order chi connectivity index (χ1) is 8.59. The molecule has 0 saturated heterocycles. The summed E-state index contributed by atoms with van der Waals surface area (Å²) < 4.78 is 0. The molecule has 0 spiro atoms. The number of carbonyl (C=O) groups is 2. The van der Waals surface area contributed by atoms with E-state index in [0.717, 1.165) is 5.56 Å². The van der Waals surface area contributed by atoms with Crippen molar-refractivity contribution in [3.8, 4) is 11.1 Å². The molecule has 0 radical (unpaired) electrons. The zero-order chi connectivity index (χ0) is 13.1. The number of halogens is 1. The Balaban J connectivity index is 2.65.